The molecule has 0 saturated heterocycles. The van der Waals surface area contributed by atoms with Crippen molar-refractivity contribution in [1.29, 1.82) is 0 Å². The van der Waals surface area contributed by atoms with Crippen LogP contribution in [0.15, 0.2) is 22.1 Å². The van der Waals surface area contributed by atoms with Crippen LogP contribution in [0.25, 0.3) is 0 Å². The molecular formula is C15H22Cl2N4O3S. The number of anilines is 1. The van der Waals surface area contributed by atoms with Crippen LogP contribution in [-0.2, 0) is 11.2 Å². The summed E-state index contributed by atoms with van der Waals surface area (Å²) in [6.45, 7) is 4.26. The zero-order valence-corrected chi connectivity index (χ0v) is 16.6. The molecule has 0 aliphatic carbocycles. The minimum Gasteiger partial charge on any atom is -0.469 e. The Labute approximate surface area is 162 Å². The molecule has 25 heavy (non-hydrogen) atoms. The maximum Gasteiger partial charge on any atom is 0.260 e. The molecule has 0 radical (unpaired) electrons. The lowest BCUT2D eigenvalue weighted by Gasteiger charge is -2.10. The number of nitrogens with zero attached hydrogens (tertiary/aromatic N) is 1. The first-order valence-electron chi connectivity index (χ1n) is 7.23. The Morgan fingerprint density at radius 3 is 2.68 bits per heavy atom. The molecule has 7 nitrogen and oxygen atoms in total. The summed E-state index contributed by atoms with van der Waals surface area (Å²) in [5, 5.41) is 10.8. The third-order valence-corrected chi connectivity index (χ3v) is 4.12. The van der Waals surface area contributed by atoms with Gasteiger partial charge in [-0.15, -0.1) is 36.2 Å². The molecule has 2 rings (SSSR count). The summed E-state index contributed by atoms with van der Waals surface area (Å²) in [6.07, 6.45) is 1.65. The van der Waals surface area contributed by atoms with Crippen molar-refractivity contribution in [3.63, 3.8) is 0 Å². The molecule has 2 amide bonds. The van der Waals surface area contributed by atoms with E-state index in [4.69, 9.17) is 4.42 Å². The second-order valence-corrected chi connectivity index (χ2v) is 6.02. The standard InChI is InChI=1S/C15H20N4O3S.2ClH/c1-9(16-3)7-17-13(20)6-11-8-23-15(18-11)19-14(21)12-4-5-22-10(12)2;;/h4-5,8-9,16H,6-7H2,1-3H3,(H,17,20)(H,18,19,21);2*1H. The molecular weight excluding hydrogens is 387 g/mol. The van der Waals surface area contributed by atoms with Gasteiger partial charge in [-0.3, -0.25) is 14.9 Å². The van der Waals surface area contributed by atoms with Crippen LogP contribution in [0.3, 0.4) is 0 Å². The van der Waals surface area contributed by atoms with Crippen molar-refractivity contribution in [2.24, 2.45) is 0 Å². The van der Waals surface area contributed by atoms with Gasteiger partial charge in [0.05, 0.1) is 23.9 Å². The molecule has 0 spiro atoms. The van der Waals surface area contributed by atoms with Crippen molar-refractivity contribution in [3.05, 3.63) is 34.7 Å². The largest absolute Gasteiger partial charge is 0.469 e. The van der Waals surface area contributed by atoms with Crippen molar-refractivity contribution in [3.8, 4) is 0 Å². The number of aromatic nitrogens is 1. The number of halogens is 2. The number of carbonyl (C=O) groups excluding carboxylic acids is 2. The molecule has 10 heteroatoms. The lowest BCUT2D eigenvalue weighted by atomic mass is 10.2. The minimum absolute atomic E-state index is 0. The molecule has 0 aliphatic heterocycles. The molecule has 140 valence electrons. The molecule has 0 aromatic carbocycles. The van der Waals surface area contributed by atoms with E-state index in [0.29, 0.717) is 28.7 Å². The number of furan rings is 1. The van der Waals surface area contributed by atoms with Gasteiger partial charge in [-0.1, -0.05) is 0 Å². The topological polar surface area (TPSA) is 96.3 Å². The van der Waals surface area contributed by atoms with Gasteiger partial charge in [-0.2, -0.15) is 0 Å². The summed E-state index contributed by atoms with van der Waals surface area (Å²) in [5.41, 5.74) is 1.10. The lowest BCUT2D eigenvalue weighted by molar-refractivity contribution is -0.120. The van der Waals surface area contributed by atoms with Crippen molar-refractivity contribution in [2.45, 2.75) is 26.3 Å². The fraction of sp³-hybridized carbons (Fsp3) is 0.400. The second-order valence-electron chi connectivity index (χ2n) is 5.16. The Morgan fingerprint density at radius 2 is 2.08 bits per heavy atom. The average molecular weight is 409 g/mol. The Hall–Kier alpha value is -1.61. The normalized spacial score (nSPS) is 11.0. The number of thiazole rings is 1. The molecule has 0 aliphatic rings. The van der Waals surface area contributed by atoms with Crippen LogP contribution in [-0.4, -0.2) is 36.4 Å². The van der Waals surface area contributed by atoms with E-state index < -0.39 is 0 Å². The summed E-state index contributed by atoms with van der Waals surface area (Å²) < 4.78 is 5.10. The van der Waals surface area contributed by atoms with Crippen LogP contribution >= 0.6 is 36.2 Å². The Balaban J connectivity index is 0.00000288. The molecule has 1 atom stereocenters. The van der Waals surface area contributed by atoms with Crippen molar-refractivity contribution >= 4 is 53.1 Å². The van der Waals surface area contributed by atoms with Crippen LogP contribution < -0.4 is 16.0 Å². The number of rotatable bonds is 7. The second kappa shape index (κ2) is 11.1. The molecule has 2 aromatic heterocycles. The SMILES string of the molecule is CNC(C)CNC(=O)Cc1csc(NC(=O)c2ccoc2C)n1.Cl.Cl. The van der Waals surface area contributed by atoms with Gasteiger partial charge in [0.2, 0.25) is 5.91 Å². The zero-order valence-electron chi connectivity index (χ0n) is 14.1. The maximum atomic E-state index is 12.0. The van der Waals surface area contributed by atoms with Crippen LogP contribution in [0.4, 0.5) is 5.13 Å². The van der Waals surface area contributed by atoms with Crippen molar-refractivity contribution in [1.82, 2.24) is 15.6 Å². The summed E-state index contributed by atoms with van der Waals surface area (Å²) in [7, 11) is 1.84. The average Bonchev–Trinajstić information content (AvgIpc) is 3.13. The first kappa shape index (κ1) is 23.4. The van der Waals surface area contributed by atoms with E-state index >= 15 is 0 Å². The van der Waals surface area contributed by atoms with Gasteiger partial charge in [0.1, 0.15) is 5.76 Å². The van der Waals surface area contributed by atoms with Gasteiger partial charge >= 0.3 is 0 Å². The number of aryl methyl sites for hydroxylation is 1. The summed E-state index contributed by atoms with van der Waals surface area (Å²) in [6, 6.07) is 1.82. The highest BCUT2D eigenvalue weighted by Gasteiger charge is 2.14. The van der Waals surface area contributed by atoms with Gasteiger partial charge in [0.15, 0.2) is 5.13 Å². The predicted octanol–water partition coefficient (Wildman–Crippen LogP) is 2.41. The van der Waals surface area contributed by atoms with Crippen LogP contribution in [0, 0.1) is 6.92 Å². The number of hydrogen-bond acceptors (Lipinski definition) is 6. The molecule has 2 aromatic rings. The van der Waals surface area contributed by atoms with Gasteiger partial charge in [0, 0.05) is 18.0 Å². The van der Waals surface area contributed by atoms with Crippen LogP contribution in [0.2, 0.25) is 0 Å². The number of likely N-dealkylation sites (N-methyl/N-ethyl adjacent to an activating group) is 1. The summed E-state index contributed by atoms with van der Waals surface area (Å²) in [4.78, 5) is 28.1. The lowest BCUT2D eigenvalue weighted by Crippen LogP contribution is -2.37. The number of amides is 2. The molecule has 3 N–H and O–H groups in total. The van der Waals surface area contributed by atoms with Gasteiger partial charge in [0.25, 0.3) is 5.91 Å². The third kappa shape index (κ3) is 7.03. The number of hydrogen-bond donors (Lipinski definition) is 3. The number of nitrogens with one attached hydrogen (secondary N) is 3. The predicted molar refractivity (Wildman–Crippen MR) is 103 cm³/mol. The van der Waals surface area contributed by atoms with Gasteiger partial charge in [-0.25, -0.2) is 4.98 Å². The highest BCUT2D eigenvalue weighted by atomic mass is 35.5. The van der Waals surface area contributed by atoms with Crippen LogP contribution in [0.1, 0.15) is 28.7 Å². The fourth-order valence-electron chi connectivity index (χ4n) is 1.83. The molecule has 2 heterocycles. The van der Waals surface area contributed by atoms with E-state index in [9.17, 15) is 9.59 Å². The molecule has 0 bridgehead atoms. The first-order chi connectivity index (χ1) is 11.0. The summed E-state index contributed by atoms with van der Waals surface area (Å²) in [5.74, 6) is 0.183. The quantitative estimate of drug-likeness (QED) is 0.653. The van der Waals surface area contributed by atoms with E-state index in [2.05, 4.69) is 20.9 Å². The highest BCUT2D eigenvalue weighted by Crippen LogP contribution is 2.18. The fourth-order valence-corrected chi connectivity index (χ4v) is 2.53. The van der Waals surface area contributed by atoms with Gasteiger partial charge in [-0.05, 0) is 27.0 Å². The van der Waals surface area contributed by atoms with E-state index in [1.165, 1.54) is 17.6 Å². The smallest absolute Gasteiger partial charge is 0.260 e. The monoisotopic (exact) mass is 408 g/mol. The zero-order chi connectivity index (χ0) is 16.8. The maximum absolute atomic E-state index is 12.0. The van der Waals surface area contributed by atoms with E-state index in [0.717, 1.165) is 0 Å². The van der Waals surface area contributed by atoms with Crippen molar-refractivity contribution in [2.75, 3.05) is 18.9 Å². The first-order valence-corrected chi connectivity index (χ1v) is 8.11. The summed E-state index contributed by atoms with van der Waals surface area (Å²) >= 11 is 1.29. The van der Waals surface area contributed by atoms with E-state index in [1.54, 1.807) is 18.4 Å². The van der Waals surface area contributed by atoms with Gasteiger partial charge < -0.3 is 15.1 Å². The third-order valence-electron chi connectivity index (χ3n) is 3.32. The van der Waals surface area contributed by atoms with E-state index in [1.807, 2.05) is 14.0 Å². The Kier molecular flexibility index (Phi) is 10.4. The van der Waals surface area contributed by atoms with Crippen molar-refractivity contribution < 1.29 is 14.0 Å². The number of carbonyl (C=O) groups is 2. The van der Waals surface area contributed by atoms with E-state index in [-0.39, 0.29) is 49.1 Å². The molecule has 1 unspecified atom stereocenters. The Bertz CT molecular complexity index is 690. The minimum atomic E-state index is -0.274. The van der Waals surface area contributed by atoms with Crippen LogP contribution in [0.5, 0.6) is 0 Å². The Morgan fingerprint density at radius 1 is 1.36 bits per heavy atom. The highest BCUT2D eigenvalue weighted by molar-refractivity contribution is 7.14. The molecule has 0 fully saturated rings. The molecule has 0 saturated carbocycles.